The fourth-order valence-electron chi connectivity index (χ4n) is 6.20. The molecule has 3 aliphatic rings. The maximum atomic E-state index is 12.5. The average molecular weight is 773 g/mol. The molecule has 296 valence electrons. The van der Waals surface area contributed by atoms with Gasteiger partial charge in [0.05, 0.1) is 25.4 Å². The summed E-state index contributed by atoms with van der Waals surface area (Å²) in [6.45, 7) is 0.858. The summed E-state index contributed by atoms with van der Waals surface area (Å²) in [6, 6.07) is 10.7. The molecule has 0 aliphatic carbocycles. The van der Waals surface area contributed by atoms with Crippen molar-refractivity contribution in [3.05, 3.63) is 77.1 Å². The van der Waals surface area contributed by atoms with Gasteiger partial charge in [0, 0.05) is 23.8 Å². The van der Waals surface area contributed by atoms with Crippen LogP contribution in [0.1, 0.15) is 29.7 Å². The number of phenolic OH excluding ortho intramolecular Hbond substituents is 5. The molecule has 0 saturated carbocycles. The Morgan fingerprint density at radius 3 is 2.22 bits per heavy atom. The van der Waals surface area contributed by atoms with E-state index in [4.69, 9.17) is 33.2 Å². The minimum atomic E-state index is -1.89. The van der Waals surface area contributed by atoms with E-state index >= 15 is 0 Å². The van der Waals surface area contributed by atoms with E-state index in [-0.39, 0.29) is 39.9 Å². The van der Waals surface area contributed by atoms with Crippen molar-refractivity contribution >= 4 is 18.1 Å². The second-order valence-corrected chi connectivity index (χ2v) is 13.0. The topological polar surface area (TPSA) is 284 Å². The zero-order chi connectivity index (χ0) is 39.7. The van der Waals surface area contributed by atoms with Gasteiger partial charge in [0.25, 0.3) is 0 Å². The predicted octanol–water partition coefficient (Wildman–Crippen LogP) is 0.630. The molecule has 11 unspecified atom stereocenters. The van der Waals surface area contributed by atoms with Gasteiger partial charge in [0.1, 0.15) is 65.4 Å². The van der Waals surface area contributed by atoms with Crippen LogP contribution in [-0.2, 0) is 28.5 Å². The monoisotopic (exact) mass is 772 g/mol. The molecule has 10 N–H and O–H groups in total. The number of hydrogen-bond acceptors (Lipinski definition) is 18. The molecule has 3 aromatic rings. The number of aliphatic hydroxyl groups excluding tert-OH is 5. The highest BCUT2D eigenvalue weighted by Gasteiger charge is 2.49. The number of phenols is 5. The Kier molecular flexibility index (Phi) is 11.6. The second-order valence-electron chi connectivity index (χ2n) is 13.0. The molecule has 0 radical (unpaired) electrons. The van der Waals surface area contributed by atoms with Crippen LogP contribution in [0.25, 0.3) is 12.2 Å². The molecule has 3 heterocycles. The Morgan fingerprint density at radius 2 is 1.51 bits per heavy atom. The number of ether oxygens (including phenoxy) is 7. The summed E-state index contributed by atoms with van der Waals surface area (Å²) >= 11 is 0. The molecular formula is C37H40O18. The third kappa shape index (κ3) is 8.36. The van der Waals surface area contributed by atoms with E-state index in [0.717, 1.165) is 18.2 Å². The van der Waals surface area contributed by atoms with Crippen LogP contribution in [-0.4, -0.2) is 132 Å². The van der Waals surface area contributed by atoms with E-state index in [1.807, 2.05) is 0 Å². The quantitative estimate of drug-likeness (QED) is 0.0768. The number of methoxy groups -OCH3 is 1. The van der Waals surface area contributed by atoms with Crippen LogP contribution in [0.2, 0.25) is 0 Å². The Balaban J connectivity index is 1.15. The van der Waals surface area contributed by atoms with Gasteiger partial charge in [0.15, 0.2) is 30.0 Å². The van der Waals surface area contributed by atoms with Crippen LogP contribution < -0.4 is 9.47 Å². The summed E-state index contributed by atoms with van der Waals surface area (Å²) in [6.07, 6.45) is -13.6. The van der Waals surface area contributed by atoms with Crippen molar-refractivity contribution in [2.24, 2.45) is 0 Å². The van der Waals surface area contributed by atoms with Crippen LogP contribution in [0, 0.1) is 0 Å². The Morgan fingerprint density at radius 1 is 0.800 bits per heavy atom. The first-order chi connectivity index (χ1) is 26.1. The molecule has 0 amide bonds. The minimum Gasteiger partial charge on any atom is -0.508 e. The number of esters is 1. The van der Waals surface area contributed by atoms with Crippen LogP contribution in [0.15, 0.2) is 60.4 Å². The molecule has 3 aromatic carbocycles. The number of fused-ring (bicyclic) bond motifs is 1. The Labute approximate surface area is 312 Å². The summed E-state index contributed by atoms with van der Waals surface area (Å²) in [5.74, 6) is -3.06. The van der Waals surface area contributed by atoms with Crippen molar-refractivity contribution in [3.8, 4) is 40.2 Å². The maximum Gasteiger partial charge on any atom is 0.331 e. The van der Waals surface area contributed by atoms with Gasteiger partial charge in [-0.2, -0.15) is 0 Å². The van der Waals surface area contributed by atoms with Gasteiger partial charge < -0.3 is 84.2 Å². The first-order valence-electron chi connectivity index (χ1n) is 16.9. The molecule has 0 spiro atoms. The highest BCUT2D eigenvalue weighted by Crippen LogP contribution is 2.47. The van der Waals surface area contributed by atoms with Gasteiger partial charge >= 0.3 is 5.97 Å². The van der Waals surface area contributed by atoms with E-state index in [0.29, 0.717) is 5.56 Å². The van der Waals surface area contributed by atoms with Crippen LogP contribution in [0.4, 0.5) is 0 Å². The van der Waals surface area contributed by atoms with Gasteiger partial charge in [-0.25, -0.2) is 4.79 Å². The zero-order valence-electron chi connectivity index (χ0n) is 29.1. The molecule has 0 aromatic heterocycles. The van der Waals surface area contributed by atoms with E-state index in [2.05, 4.69) is 0 Å². The number of aliphatic hydroxyl groups is 5. The highest BCUT2D eigenvalue weighted by atomic mass is 16.7. The minimum absolute atomic E-state index is 0.0155. The van der Waals surface area contributed by atoms with Crippen LogP contribution in [0.5, 0.6) is 40.2 Å². The van der Waals surface area contributed by atoms with Crippen molar-refractivity contribution in [1.82, 2.24) is 0 Å². The van der Waals surface area contributed by atoms with Crippen molar-refractivity contribution in [1.29, 1.82) is 0 Å². The number of aromatic hydroxyl groups is 5. The van der Waals surface area contributed by atoms with Crippen molar-refractivity contribution in [2.75, 3.05) is 13.7 Å². The molecule has 55 heavy (non-hydrogen) atoms. The molecular weight excluding hydrogens is 732 g/mol. The lowest BCUT2D eigenvalue weighted by Gasteiger charge is -2.43. The number of hydrogen-bond donors (Lipinski definition) is 10. The third-order valence-corrected chi connectivity index (χ3v) is 9.17. The Hall–Kier alpha value is -5.31. The lowest BCUT2D eigenvalue weighted by molar-refractivity contribution is -0.325. The number of benzene rings is 3. The van der Waals surface area contributed by atoms with Gasteiger partial charge in [0.2, 0.25) is 12.0 Å². The molecule has 18 heteroatoms. The molecule has 18 nitrogen and oxygen atoms in total. The van der Waals surface area contributed by atoms with Crippen LogP contribution in [0.3, 0.4) is 0 Å². The van der Waals surface area contributed by atoms with Gasteiger partial charge in [-0.3, -0.25) is 0 Å². The van der Waals surface area contributed by atoms with E-state index in [9.17, 15) is 55.9 Å². The molecule has 2 fully saturated rings. The SMILES string of the molecule is COc1cc(C2Oc3cc(O)cc(O)c3C=C2OC2OC(COC3OC(C)C(OC(=O)C=Cc4ccc(O)cc4)C(O)C3O)C(O)C(O)C2O)cc(O)c1O. The summed E-state index contributed by atoms with van der Waals surface area (Å²) in [4.78, 5) is 12.5. The smallest absolute Gasteiger partial charge is 0.331 e. The van der Waals surface area contributed by atoms with Crippen LogP contribution >= 0.6 is 0 Å². The molecule has 6 rings (SSSR count). The van der Waals surface area contributed by atoms with Gasteiger partial charge in [-0.1, -0.05) is 12.1 Å². The number of rotatable bonds is 10. The first-order valence-corrected chi connectivity index (χ1v) is 16.9. The predicted molar refractivity (Wildman–Crippen MR) is 185 cm³/mol. The summed E-state index contributed by atoms with van der Waals surface area (Å²) in [5, 5.41) is 105. The molecule has 0 bridgehead atoms. The van der Waals surface area contributed by atoms with Gasteiger partial charge in [-0.15, -0.1) is 0 Å². The summed E-state index contributed by atoms with van der Waals surface area (Å²) in [7, 11) is 1.24. The standard InChI is InChI=1S/C37H40O18/c1-15-34(55-27(42)8-5-16-3-6-18(38)7-4-16)31(46)33(48)36(51-15)50-14-26-29(44)30(45)32(47)37(54-26)53-25-13-20-21(40)11-19(39)12-23(20)52-35(25)17-9-22(41)28(43)24(10-17)49-2/h3-13,15,26,29-41,43-48H,14H2,1-2H3. The summed E-state index contributed by atoms with van der Waals surface area (Å²) in [5.41, 5.74) is 0.756. The molecule has 11 atom stereocenters. The normalized spacial score (nSPS) is 30.5. The highest BCUT2D eigenvalue weighted by molar-refractivity contribution is 5.87. The molecule has 3 aliphatic heterocycles. The second kappa shape index (κ2) is 16.2. The zero-order valence-corrected chi connectivity index (χ0v) is 29.1. The maximum absolute atomic E-state index is 12.5. The fourth-order valence-corrected chi connectivity index (χ4v) is 6.20. The van der Waals surface area contributed by atoms with Crippen molar-refractivity contribution < 1.29 is 89.0 Å². The number of carbonyl (C=O) groups is 1. The summed E-state index contributed by atoms with van der Waals surface area (Å²) < 4.78 is 39.6. The van der Waals surface area contributed by atoms with E-state index in [1.54, 1.807) is 12.1 Å². The van der Waals surface area contributed by atoms with Crippen molar-refractivity contribution in [2.45, 2.75) is 74.4 Å². The fraction of sp³-hybridized carbons (Fsp3) is 0.378. The van der Waals surface area contributed by atoms with Gasteiger partial charge in [-0.05, 0) is 48.9 Å². The third-order valence-electron chi connectivity index (χ3n) is 9.17. The molecule has 2 saturated heterocycles. The average Bonchev–Trinajstić information content (AvgIpc) is 3.15. The first kappa shape index (κ1) is 39.4. The number of carbonyl (C=O) groups excluding carboxylic acids is 1. The largest absolute Gasteiger partial charge is 0.508 e. The lowest BCUT2D eigenvalue weighted by Crippen LogP contribution is -2.61. The Bertz CT molecular complexity index is 1910. The van der Waals surface area contributed by atoms with Crippen molar-refractivity contribution in [3.63, 3.8) is 0 Å². The lowest BCUT2D eigenvalue weighted by atomic mass is 9.98. The van der Waals surface area contributed by atoms with E-state index < -0.39 is 97.3 Å². The van der Waals surface area contributed by atoms with E-state index in [1.165, 1.54) is 50.5 Å².